The number of carbonyl (C=O) groups excluding carboxylic acids is 1. The molecule has 2 aliphatic rings. The van der Waals surface area contributed by atoms with Crippen molar-refractivity contribution in [3.8, 4) is 11.8 Å². The third-order valence-electron chi connectivity index (χ3n) is 5.44. The Labute approximate surface area is 170 Å². The van der Waals surface area contributed by atoms with Gasteiger partial charge in [-0.15, -0.1) is 0 Å². The average Bonchev–Trinajstić information content (AvgIpc) is 2.72. The highest BCUT2D eigenvalue weighted by atomic mass is 16.5. The van der Waals surface area contributed by atoms with E-state index in [9.17, 15) is 4.79 Å². The van der Waals surface area contributed by atoms with Crippen LogP contribution in [0, 0.1) is 0 Å². The van der Waals surface area contributed by atoms with Gasteiger partial charge in [-0.3, -0.25) is 0 Å². The van der Waals surface area contributed by atoms with Crippen molar-refractivity contribution in [2.75, 3.05) is 33.3 Å². The molecule has 3 heterocycles. The van der Waals surface area contributed by atoms with E-state index < -0.39 is 0 Å². The first kappa shape index (κ1) is 19.7. The van der Waals surface area contributed by atoms with E-state index in [2.05, 4.69) is 9.97 Å². The van der Waals surface area contributed by atoms with Crippen LogP contribution in [0.25, 0.3) is 10.9 Å². The van der Waals surface area contributed by atoms with Crippen molar-refractivity contribution in [1.82, 2.24) is 19.8 Å². The summed E-state index contributed by atoms with van der Waals surface area (Å²) in [5, 5.41) is 0.938. The lowest BCUT2D eigenvalue weighted by molar-refractivity contribution is -0.0593. The van der Waals surface area contributed by atoms with Crippen molar-refractivity contribution in [2.45, 2.75) is 45.0 Å². The summed E-state index contributed by atoms with van der Waals surface area (Å²) in [4.78, 5) is 25.5. The second-order valence-corrected chi connectivity index (χ2v) is 7.83. The van der Waals surface area contributed by atoms with Crippen LogP contribution in [-0.2, 0) is 4.74 Å². The predicted molar refractivity (Wildman–Crippen MR) is 108 cm³/mol. The maximum atomic E-state index is 12.8. The maximum Gasteiger partial charge on any atom is 0.320 e. The van der Waals surface area contributed by atoms with E-state index in [-0.39, 0.29) is 24.3 Å². The molecule has 156 valence electrons. The molecule has 2 atom stereocenters. The number of carbonyl (C=O) groups is 1. The first-order valence-electron chi connectivity index (χ1n) is 10.2. The Morgan fingerprint density at radius 2 is 1.86 bits per heavy atom. The fourth-order valence-electron chi connectivity index (χ4n) is 4.02. The number of hydrogen-bond donors (Lipinski definition) is 0. The molecule has 4 rings (SSSR count). The number of benzene rings is 1. The van der Waals surface area contributed by atoms with Crippen LogP contribution in [0.5, 0.6) is 11.8 Å². The van der Waals surface area contributed by atoms with Crippen LogP contribution in [0.4, 0.5) is 4.79 Å². The Morgan fingerprint density at radius 3 is 2.55 bits per heavy atom. The molecule has 0 spiro atoms. The lowest BCUT2D eigenvalue weighted by Gasteiger charge is -2.40. The molecule has 29 heavy (non-hydrogen) atoms. The van der Waals surface area contributed by atoms with Crippen molar-refractivity contribution >= 4 is 16.9 Å². The minimum atomic E-state index is 0.00430. The van der Waals surface area contributed by atoms with Crippen molar-refractivity contribution in [3.05, 3.63) is 24.4 Å². The third-order valence-corrected chi connectivity index (χ3v) is 5.44. The number of urea groups is 1. The summed E-state index contributed by atoms with van der Waals surface area (Å²) in [6.07, 6.45) is 3.45. The average molecular weight is 400 g/mol. The minimum absolute atomic E-state index is 0.00430. The molecule has 0 aliphatic carbocycles. The molecule has 0 unspecified atom stereocenters. The van der Waals surface area contributed by atoms with Gasteiger partial charge in [0, 0.05) is 56.7 Å². The Bertz CT molecular complexity index is 859. The monoisotopic (exact) mass is 400 g/mol. The number of rotatable bonds is 3. The summed E-state index contributed by atoms with van der Waals surface area (Å²) in [7, 11) is 1.63. The lowest BCUT2D eigenvalue weighted by Crippen LogP contribution is -2.54. The molecule has 2 saturated heterocycles. The van der Waals surface area contributed by atoms with E-state index in [1.54, 1.807) is 13.3 Å². The molecule has 0 bridgehead atoms. The van der Waals surface area contributed by atoms with Crippen LogP contribution < -0.4 is 9.47 Å². The molecule has 1 aromatic carbocycles. The smallest absolute Gasteiger partial charge is 0.320 e. The normalized spacial score (nSPS) is 23.3. The molecular formula is C21H28N4O4. The van der Waals surface area contributed by atoms with Gasteiger partial charge in [0.1, 0.15) is 11.9 Å². The highest BCUT2D eigenvalue weighted by Crippen LogP contribution is 2.23. The van der Waals surface area contributed by atoms with E-state index >= 15 is 0 Å². The highest BCUT2D eigenvalue weighted by Gasteiger charge is 2.31. The van der Waals surface area contributed by atoms with Gasteiger partial charge in [0.15, 0.2) is 0 Å². The van der Waals surface area contributed by atoms with Gasteiger partial charge >= 0.3 is 12.0 Å². The van der Waals surface area contributed by atoms with Crippen LogP contribution in [0.3, 0.4) is 0 Å². The summed E-state index contributed by atoms with van der Waals surface area (Å²) < 4.78 is 17.0. The number of fused-ring (bicyclic) bond motifs is 1. The van der Waals surface area contributed by atoms with Crippen molar-refractivity contribution < 1.29 is 19.0 Å². The number of morpholine rings is 1. The second-order valence-electron chi connectivity index (χ2n) is 7.83. The fraction of sp³-hybridized carbons (Fsp3) is 0.571. The molecule has 2 amide bonds. The molecule has 2 aliphatic heterocycles. The van der Waals surface area contributed by atoms with Gasteiger partial charge in [-0.05, 0) is 26.0 Å². The quantitative estimate of drug-likeness (QED) is 0.788. The summed E-state index contributed by atoms with van der Waals surface area (Å²) in [6, 6.07) is 6.14. The van der Waals surface area contributed by atoms with Gasteiger partial charge in [-0.25, -0.2) is 9.78 Å². The van der Waals surface area contributed by atoms with Crippen LogP contribution in [0.2, 0.25) is 0 Å². The first-order valence-corrected chi connectivity index (χ1v) is 10.2. The molecule has 0 saturated carbocycles. The topological polar surface area (TPSA) is 77.0 Å². The van der Waals surface area contributed by atoms with Gasteiger partial charge in [-0.2, -0.15) is 4.98 Å². The maximum absolute atomic E-state index is 12.8. The van der Waals surface area contributed by atoms with Crippen molar-refractivity contribution in [1.29, 1.82) is 0 Å². The van der Waals surface area contributed by atoms with Gasteiger partial charge in [0.2, 0.25) is 0 Å². The number of hydrogen-bond acceptors (Lipinski definition) is 6. The zero-order valence-corrected chi connectivity index (χ0v) is 17.2. The van der Waals surface area contributed by atoms with Crippen LogP contribution in [0.1, 0.15) is 26.7 Å². The molecule has 0 N–H and O–H groups in total. The first-order chi connectivity index (χ1) is 14.0. The SMILES string of the molecule is COc1ccc2cnc(OC3CCN(C(=O)N4C[C@@H](C)O[C@@H](C)C4)CC3)nc2c1. The molecule has 1 aromatic heterocycles. The van der Waals surface area contributed by atoms with Gasteiger partial charge in [0.05, 0.1) is 24.8 Å². The highest BCUT2D eigenvalue weighted by molar-refractivity contribution is 5.79. The Balaban J connectivity index is 1.34. The summed E-state index contributed by atoms with van der Waals surface area (Å²) >= 11 is 0. The van der Waals surface area contributed by atoms with Gasteiger partial charge < -0.3 is 24.0 Å². The van der Waals surface area contributed by atoms with Gasteiger partial charge in [-0.1, -0.05) is 0 Å². The predicted octanol–water partition coefficient (Wildman–Crippen LogP) is 2.71. The minimum Gasteiger partial charge on any atom is -0.497 e. The number of amides is 2. The molecule has 2 fully saturated rings. The number of likely N-dealkylation sites (tertiary alicyclic amines) is 1. The van der Waals surface area contributed by atoms with Gasteiger partial charge in [0.25, 0.3) is 0 Å². The number of methoxy groups -OCH3 is 1. The molecular weight excluding hydrogens is 372 g/mol. The van der Waals surface area contributed by atoms with E-state index in [0.717, 1.165) is 29.5 Å². The molecule has 2 aromatic rings. The molecule has 0 radical (unpaired) electrons. The Kier molecular flexibility index (Phi) is 5.71. The molecule has 8 heteroatoms. The van der Waals surface area contributed by atoms with E-state index in [1.165, 1.54) is 0 Å². The number of nitrogens with zero attached hydrogens (tertiary/aromatic N) is 4. The molecule has 8 nitrogen and oxygen atoms in total. The number of aromatic nitrogens is 2. The van der Waals surface area contributed by atoms with E-state index in [4.69, 9.17) is 14.2 Å². The summed E-state index contributed by atoms with van der Waals surface area (Å²) in [6.45, 7) is 6.66. The number of piperidine rings is 1. The zero-order valence-electron chi connectivity index (χ0n) is 17.2. The fourth-order valence-corrected chi connectivity index (χ4v) is 4.02. The van der Waals surface area contributed by atoms with E-state index in [0.29, 0.717) is 32.2 Å². The Morgan fingerprint density at radius 1 is 1.14 bits per heavy atom. The summed E-state index contributed by atoms with van der Waals surface area (Å²) in [5.41, 5.74) is 0.789. The van der Waals surface area contributed by atoms with E-state index in [1.807, 2.05) is 41.8 Å². The summed E-state index contributed by atoms with van der Waals surface area (Å²) in [5.74, 6) is 0.751. The lowest BCUT2D eigenvalue weighted by atomic mass is 10.1. The standard InChI is InChI=1S/C21H28N4O4/c1-14-12-25(13-15(2)28-14)21(26)24-8-6-17(7-9-24)29-20-22-11-16-4-5-18(27-3)10-19(16)23-20/h4-5,10-11,14-15,17H,6-9,12-13H2,1-3H3/t14-,15+. The van der Waals surface area contributed by atoms with Crippen LogP contribution in [-0.4, -0.2) is 77.4 Å². The van der Waals surface area contributed by atoms with Crippen LogP contribution >= 0.6 is 0 Å². The third kappa shape index (κ3) is 4.53. The van der Waals surface area contributed by atoms with Crippen molar-refractivity contribution in [2.24, 2.45) is 0 Å². The second kappa shape index (κ2) is 8.41. The number of ether oxygens (including phenoxy) is 3. The van der Waals surface area contributed by atoms with Crippen molar-refractivity contribution in [3.63, 3.8) is 0 Å². The van der Waals surface area contributed by atoms with Crippen LogP contribution in [0.15, 0.2) is 24.4 Å². The zero-order chi connectivity index (χ0) is 20.4. The largest absolute Gasteiger partial charge is 0.497 e. The Hall–Kier alpha value is -2.61.